The number of hydrogen-bond donors (Lipinski definition) is 1. The molecule has 9 nitrogen and oxygen atoms in total. The van der Waals surface area contributed by atoms with E-state index in [2.05, 4.69) is 4.72 Å². The molecule has 0 spiro atoms. The minimum Gasteiger partial charge on any atom is -0.497 e. The smallest absolute Gasteiger partial charge is 0.242 e. The molecule has 11 heteroatoms. The van der Waals surface area contributed by atoms with Gasteiger partial charge in [0.25, 0.3) is 0 Å². The summed E-state index contributed by atoms with van der Waals surface area (Å²) in [5.41, 5.74) is 0.461. The zero-order chi connectivity index (χ0) is 21.9. The highest BCUT2D eigenvalue weighted by atomic mass is 32.2. The molecule has 2 aromatic rings. The first-order chi connectivity index (χ1) is 14.1. The number of sulfonamides is 2. The van der Waals surface area contributed by atoms with Gasteiger partial charge in [-0.05, 0) is 55.0 Å². The van der Waals surface area contributed by atoms with Gasteiger partial charge in [-0.1, -0.05) is 0 Å². The van der Waals surface area contributed by atoms with E-state index in [0.717, 1.165) is 4.31 Å². The monoisotopic (exact) mass is 454 g/mol. The molecule has 0 bridgehead atoms. The highest BCUT2D eigenvalue weighted by molar-refractivity contribution is 7.94. The molecule has 1 N–H and O–H groups in total. The first-order valence-corrected chi connectivity index (χ1v) is 12.2. The third kappa shape index (κ3) is 4.74. The summed E-state index contributed by atoms with van der Waals surface area (Å²) in [6.45, 7) is 1.69. The molecule has 162 valence electrons. The zero-order valence-corrected chi connectivity index (χ0v) is 18.1. The summed E-state index contributed by atoms with van der Waals surface area (Å²) >= 11 is 0. The van der Waals surface area contributed by atoms with E-state index < -0.39 is 26.0 Å². The van der Waals surface area contributed by atoms with E-state index in [1.807, 2.05) is 0 Å². The van der Waals surface area contributed by atoms with Crippen molar-refractivity contribution < 1.29 is 31.1 Å². The molecule has 3 rings (SSSR count). The van der Waals surface area contributed by atoms with Gasteiger partial charge in [0, 0.05) is 13.0 Å². The van der Waals surface area contributed by atoms with Gasteiger partial charge < -0.3 is 9.47 Å². The maximum atomic E-state index is 12.6. The van der Waals surface area contributed by atoms with Crippen molar-refractivity contribution in [3.05, 3.63) is 48.0 Å². The van der Waals surface area contributed by atoms with E-state index in [4.69, 9.17) is 9.47 Å². The summed E-state index contributed by atoms with van der Waals surface area (Å²) in [4.78, 5) is 11.9. The van der Waals surface area contributed by atoms with Gasteiger partial charge in [-0.25, -0.2) is 25.9 Å². The van der Waals surface area contributed by atoms with Crippen LogP contribution in [0.15, 0.2) is 47.4 Å². The van der Waals surface area contributed by atoms with E-state index in [0.29, 0.717) is 17.1 Å². The van der Waals surface area contributed by atoms with Crippen LogP contribution >= 0.6 is 0 Å². The number of carbonyl (C=O) groups is 1. The number of anilines is 1. The lowest BCUT2D eigenvalue weighted by Crippen LogP contribution is -2.30. The fourth-order valence-corrected chi connectivity index (χ4v) is 5.71. The average Bonchev–Trinajstić information content (AvgIpc) is 2.97. The SMILES string of the molecule is COc1ccc(OCCNS(=O)(=O)c2ccc(N3C(=O)CCS3(=O)=O)cc2C)cc1. The van der Waals surface area contributed by atoms with Crippen molar-refractivity contribution in [1.29, 1.82) is 0 Å². The lowest BCUT2D eigenvalue weighted by atomic mass is 10.2. The van der Waals surface area contributed by atoms with Gasteiger partial charge in [0.1, 0.15) is 18.1 Å². The number of methoxy groups -OCH3 is 1. The number of nitrogens with one attached hydrogen (secondary N) is 1. The second-order valence-corrected chi connectivity index (χ2v) is 10.3. The molecule has 0 aliphatic carbocycles. The molecule has 30 heavy (non-hydrogen) atoms. The fraction of sp³-hybridized carbons (Fsp3) is 0.316. The second kappa shape index (κ2) is 8.62. The molecule has 1 amide bonds. The fourth-order valence-electron chi connectivity index (χ4n) is 3.02. The van der Waals surface area contributed by atoms with E-state index in [1.54, 1.807) is 38.3 Å². The van der Waals surface area contributed by atoms with E-state index in [9.17, 15) is 21.6 Å². The van der Waals surface area contributed by atoms with Crippen LogP contribution in [-0.2, 0) is 24.8 Å². The highest BCUT2D eigenvalue weighted by Gasteiger charge is 2.36. The predicted molar refractivity (Wildman–Crippen MR) is 111 cm³/mol. The molecule has 0 saturated carbocycles. The van der Waals surface area contributed by atoms with Gasteiger partial charge in [0.15, 0.2) is 0 Å². The average molecular weight is 455 g/mol. The molecular weight excluding hydrogens is 432 g/mol. The minimum absolute atomic E-state index is 0.000239. The molecule has 0 unspecified atom stereocenters. The predicted octanol–water partition coefficient (Wildman–Crippen LogP) is 1.43. The van der Waals surface area contributed by atoms with Crippen LogP contribution in [0.4, 0.5) is 5.69 Å². The Hall–Kier alpha value is -2.63. The van der Waals surface area contributed by atoms with Gasteiger partial charge >= 0.3 is 0 Å². The number of ether oxygens (including phenoxy) is 2. The van der Waals surface area contributed by atoms with Gasteiger partial charge in [-0.15, -0.1) is 0 Å². The number of nitrogens with zero attached hydrogens (tertiary/aromatic N) is 1. The number of benzene rings is 2. The number of aryl methyl sites for hydroxylation is 1. The van der Waals surface area contributed by atoms with Crippen LogP contribution < -0.4 is 18.5 Å². The quantitative estimate of drug-likeness (QED) is 0.599. The van der Waals surface area contributed by atoms with E-state index in [-0.39, 0.29) is 35.9 Å². The Bertz CT molecular complexity index is 1140. The highest BCUT2D eigenvalue weighted by Crippen LogP contribution is 2.28. The summed E-state index contributed by atoms with van der Waals surface area (Å²) in [6, 6.07) is 10.9. The maximum Gasteiger partial charge on any atom is 0.242 e. The number of amides is 1. The summed E-state index contributed by atoms with van der Waals surface area (Å²) < 4.78 is 63.0. The Morgan fingerprint density at radius 1 is 1.10 bits per heavy atom. The molecule has 1 aliphatic rings. The normalized spacial score (nSPS) is 15.9. The van der Waals surface area contributed by atoms with Crippen molar-refractivity contribution in [1.82, 2.24) is 4.72 Å². The van der Waals surface area contributed by atoms with Crippen molar-refractivity contribution in [3.63, 3.8) is 0 Å². The lowest BCUT2D eigenvalue weighted by Gasteiger charge is -2.17. The Kier molecular flexibility index (Phi) is 6.34. The minimum atomic E-state index is -3.84. The van der Waals surface area contributed by atoms with E-state index in [1.165, 1.54) is 18.2 Å². The van der Waals surface area contributed by atoms with E-state index >= 15 is 0 Å². The van der Waals surface area contributed by atoms with Crippen molar-refractivity contribution in [2.45, 2.75) is 18.2 Å². The van der Waals surface area contributed by atoms with Crippen LogP contribution in [0.1, 0.15) is 12.0 Å². The van der Waals surface area contributed by atoms with Crippen molar-refractivity contribution in [2.24, 2.45) is 0 Å². The maximum absolute atomic E-state index is 12.6. The third-order valence-corrected chi connectivity index (χ3v) is 7.80. The molecule has 2 aromatic carbocycles. The van der Waals surface area contributed by atoms with Gasteiger partial charge in [-0.2, -0.15) is 0 Å². The van der Waals surface area contributed by atoms with Crippen LogP contribution in [-0.4, -0.2) is 48.8 Å². The van der Waals surface area contributed by atoms with Crippen molar-refractivity contribution in [2.75, 3.05) is 30.3 Å². The number of rotatable bonds is 8. The molecule has 0 radical (unpaired) electrons. The van der Waals surface area contributed by atoms with Crippen LogP contribution in [0.3, 0.4) is 0 Å². The Morgan fingerprint density at radius 3 is 2.33 bits per heavy atom. The summed E-state index contributed by atoms with van der Waals surface area (Å²) in [5, 5.41) is 0. The molecule has 1 fully saturated rings. The summed E-state index contributed by atoms with van der Waals surface area (Å²) in [7, 11) is -5.99. The van der Waals surface area contributed by atoms with Crippen molar-refractivity contribution >= 4 is 31.6 Å². The molecule has 1 heterocycles. The van der Waals surface area contributed by atoms with Crippen molar-refractivity contribution in [3.8, 4) is 11.5 Å². The first-order valence-electron chi connectivity index (χ1n) is 9.07. The molecular formula is C19H22N2O7S2. The first kappa shape index (κ1) is 22.1. The van der Waals surface area contributed by atoms with Crippen LogP contribution in [0, 0.1) is 6.92 Å². The lowest BCUT2D eigenvalue weighted by molar-refractivity contribution is -0.116. The summed E-state index contributed by atoms with van der Waals surface area (Å²) in [5.74, 6) is 0.483. The molecule has 1 saturated heterocycles. The van der Waals surface area contributed by atoms with Crippen LogP contribution in [0.5, 0.6) is 11.5 Å². The number of hydrogen-bond acceptors (Lipinski definition) is 7. The molecule has 1 aliphatic heterocycles. The third-order valence-electron chi connectivity index (χ3n) is 4.48. The van der Waals surface area contributed by atoms with Gasteiger partial charge in [-0.3, -0.25) is 4.79 Å². The Morgan fingerprint density at radius 2 is 1.77 bits per heavy atom. The topological polar surface area (TPSA) is 119 Å². The Balaban J connectivity index is 1.65. The molecule has 0 aromatic heterocycles. The zero-order valence-electron chi connectivity index (χ0n) is 16.5. The molecule has 0 atom stereocenters. The van der Waals surface area contributed by atoms with Gasteiger partial charge in [0.05, 0.1) is 23.4 Å². The Labute approximate surface area is 175 Å². The van der Waals surface area contributed by atoms with Crippen LogP contribution in [0.25, 0.3) is 0 Å². The van der Waals surface area contributed by atoms with Crippen LogP contribution in [0.2, 0.25) is 0 Å². The summed E-state index contributed by atoms with van der Waals surface area (Å²) in [6.07, 6.45) is -0.0861. The standard InChI is InChI=1S/C19H22N2O7S2/c1-14-13-15(21-19(22)9-12-29(21,23)24)3-8-18(14)30(25,26)20-10-11-28-17-6-4-16(27-2)5-7-17/h3-8,13,20H,9-12H2,1-2H3. The number of carbonyl (C=O) groups excluding carboxylic acids is 1. The second-order valence-electron chi connectivity index (χ2n) is 6.60. The van der Waals surface area contributed by atoms with Gasteiger partial charge in [0.2, 0.25) is 26.0 Å². The largest absolute Gasteiger partial charge is 0.497 e.